The third kappa shape index (κ3) is 45.5. The summed E-state index contributed by atoms with van der Waals surface area (Å²) in [4.78, 5) is 37.8. The molecule has 0 bridgehead atoms. The molecular weight excluding hydrogens is 721 g/mol. The molecule has 0 saturated heterocycles. The Kier molecular flexibility index (Phi) is 45.2. The van der Waals surface area contributed by atoms with Gasteiger partial charge >= 0.3 is 17.9 Å². The highest BCUT2D eigenvalue weighted by atomic mass is 16.6. The second-order valence-electron chi connectivity index (χ2n) is 18.3. The van der Waals surface area contributed by atoms with Crippen LogP contribution < -0.4 is 0 Å². The number of ether oxygens (including phenoxy) is 3. The van der Waals surface area contributed by atoms with Crippen LogP contribution in [-0.4, -0.2) is 37.2 Å². The van der Waals surface area contributed by atoms with E-state index >= 15 is 0 Å². The maximum atomic E-state index is 12.8. The van der Waals surface area contributed by atoms with E-state index in [1.807, 2.05) is 0 Å². The van der Waals surface area contributed by atoms with Gasteiger partial charge in [0.25, 0.3) is 0 Å². The van der Waals surface area contributed by atoms with Crippen molar-refractivity contribution in [2.75, 3.05) is 13.2 Å². The van der Waals surface area contributed by atoms with Crippen molar-refractivity contribution < 1.29 is 28.6 Å². The second-order valence-corrected chi connectivity index (χ2v) is 18.3. The van der Waals surface area contributed by atoms with E-state index in [4.69, 9.17) is 14.2 Å². The van der Waals surface area contributed by atoms with Gasteiger partial charge < -0.3 is 14.2 Å². The zero-order valence-corrected chi connectivity index (χ0v) is 39.5. The smallest absolute Gasteiger partial charge is 0.306 e. The minimum Gasteiger partial charge on any atom is -0.462 e. The molecule has 0 unspecified atom stereocenters. The molecule has 0 aliphatic heterocycles. The van der Waals surface area contributed by atoms with Crippen LogP contribution in [0.5, 0.6) is 0 Å². The Morgan fingerprint density at radius 3 is 0.845 bits per heavy atom. The van der Waals surface area contributed by atoms with Gasteiger partial charge in [0.1, 0.15) is 13.2 Å². The van der Waals surface area contributed by atoms with Gasteiger partial charge in [0.2, 0.25) is 0 Å². The van der Waals surface area contributed by atoms with E-state index in [2.05, 4.69) is 27.7 Å². The van der Waals surface area contributed by atoms with Crippen LogP contribution in [0.1, 0.15) is 291 Å². The molecule has 0 fully saturated rings. The Bertz CT molecular complexity index is 872. The Morgan fingerprint density at radius 2 is 0.569 bits per heavy atom. The number of rotatable bonds is 47. The van der Waals surface area contributed by atoms with E-state index in [-0.39, 0.29) is 31.1 Å². The lowest BCUT2D eigenvalue weighted by atomic mass is 10.0. The largest absolute Gasteiger partial charge is 0.462 e. The van der Waals surface area contributed by atoms with Gasteiger partial charge in [0.15, 0.2) is 6.10 Å². The van der Waals surface area contributed by atoms with Crippen LogP contribution in [0.2, 0.25) is 0 Å². The van der Waals surface area contributed by atoms with Crippen molar-refractivity contribution in [2.45, 2.75) is 297 Å². The molecule has 0 saturated carbocycles. The van der Waals surface area contributed by atoms with E-state index in [1.54, 1.807) is 0 Å². The first-order chi connectivity index (χ1) is 28.4. The first-order valence-electron chi connectivity index (χ1n) is 25.9. The Labute approximate surface area is 361 Å². The molecule has 0 amide bonds. The molecule has 0 radical (unpaired) electrons. The number of carbonyl (C=O) groups is 3. The lowest BCUT2D eigenvalue weighted by Crippen LogP contribution is -2.30. The van der Waals surface area contributed by atoms with E-state index in [0.29, 0.717) is 19.3 Å². The van der Waals surface area contributed by atoms with Crippen LogP contribution in [0.25, 0.3) is 0 Å². The Balaban J connectivity index is 4.24. The fourth-order valence-electron chi connectivity index (χ4n) is 7.86. The molecule has 0 heterocycles. The molecule has 6 heteroatoms. The predicted molar refractivity (Wildman–Crippen MR) is 247 cm³/mol. The third-order valence-electron chi connectivity index (χ3n) is 11.8. The summed E-state index contributed by atoms with van der Waals surface area (Å²) in [5.41, 5.74) is 0. The van der Waals surface area contributed by atoms with Crippen molar-refractivity contribution in [3.8, 4) is 0 Å². The molecule has 0 aliphatic rings. The fourth-order valence-corrected chi connectivity index (χ4v) is 7.86. The molecule has 0 aromatic rings. The van der Waals surface area contributed by atoms with E-state index < -0.39 is 6.10 Å². The molecule has 0 aliphatic carbocycles. The van der Waals surface area contributed by atoms with Gasteiger partial charge in [0, 0.05) is 19.3 Å². The average molecular weight is 821 g/mol. The van der Waals surface area contributed by atoms with Crippen LogP contribution in [0, 0.1) is 5.92 Å². The SMILES string of the molecule is CCCCCCCCCCCCCCCCCCCCCC(=O)O[C@H](COC(=O)CCCCCCCCCCCC)COC(=O)CCCCCCCCCCC(C)C. The molecular formula is C52H100O6. The summed E-state index contributed by atoms with van der Waals surface area (Å²) in [7, 11) is 0. The predicted octanol–water partition coefficient (Wildman–Crippen LogP) is 16.7. The van der Waals surface area contributed by atoms with Gasteiger partial charge in [-0.1, -0.05) is 252 Å². The summed E-state index contributed by atoms with van der Waals surface area (Å²) >= 11 is 0. The number of hydrogen-bond donors (Lipinski definition) is 0. The first kappa shape index (κ1) is 56.4. The monoisotopic (exact) mass is 821 g/mol. The highest BCUT2D eigenvalue weighted by molar-refractivity contribution is 5.71. The summed E-state index contributed by atoms with van der Waals surface area (Å²) in [5, 5.41) is 0. The molecule has 1 atom stereocenters. The zero-order chi connectivity index (χ0) is 42.4. The number of esters is 3. The molecule has 0 N–H and O–H groups in total. The molecule has 58 heavy (non-hydrogen) atoms. The summed E-state index contributed by atoms with van der Waals surface area (Å²) in [6.45, 7) is 8.98. The lowest BCUT2D eigenvalue weighted by Gasteiger charge is -2.18. The van der Waals surface area contributed by atoms with Crippen molar-refractivity contribution in [2.24, 2.45) is 5.92 Å². The Morgan fingerprint density at radius 1 is 0.328 bits per heavy atom. The standard InChI is InChI=1S/C52H100O6/c1-5-7-9-11-13-15-17-18-19-20-21-22-23-24-25-27-33-37-41-45-52(55)58-49(46-56-50(53)43-39-35-31-26-16-14-12-10-8-6-2)47-57-51(54)44-40-36-32-29-28-30-34-38-42-48(3)4/h48-49H,5-47H2,1-4H3/t49-/m1/s1. The Hall–Kier alpha value is -1.59. The van der Waals surface area contributed by atoms with Crippen LogP contribution in [0.4, 0.5) is 0 Å². The highest BCUT2D eigenvalue weighted by Gasteiger charge is 2.19. The van der Waals surface area contributed by atoms with Crippen molar-refractivity contribution in [3.63, 3.8) is 0 Å². The second kappa shape index (κ2) is 46.5. The minimum atomic E-state index is -0.760. The van der Waals surface area contributed by atoms with Gasteiger partial charge in [-0.15, -0.1) is 0 Å². The van der Waals surface area contributed by atoms with E-state index in [1.165, 1.54) is 186 Å². The molecule has 0 aromatic carbocycles. The third-order valence-corrected chi connectivity index (χ3v) is 11.8. The topological polar surface area (TPSA) is 78.9 Å². The number of hydrogen-bond acceptors (Lipinski definition) is 6. The molecule has 0 spiro atoms. The van der Waals surface area contributed by atoms with Crippen LogP contribution in [-0.2, 0) is 28.6 Å². The molecule has 0 rings (SSSR count). The minimum absolute atomic E-state index is 0.0635. The summed E-state index contributed by atoms with van der Waals surface area (Å²) in [5.74, 6) is -0.0524. The van der Waals surface area contributed by atoms with Crippen LogP contribution >= 0.6 is 0 Å². The fraction of sp³-hybridized carbons (Fsp3) is 0.942. The molecule has 6 nitrogen and oxygen atoms in total. The zero-order valence-electron chi connectivity index (χ0n) is 39.5. The van der Waals surface area contributed by atoms with Gasteiger partial charge in [-0.05, 0) is 25.2 Å². The van der Waals surface area contributed by atoms with Crippen LogP contribution in [0.15, 0.2) is 0 Å². The van der Waals surface area contributed by atoms with Crippen molar-refractivity contribution in [1.29, 1.82) is 0 Å². The van der Waals surface area contributed by atoms with E-state index in [0.717, 1.165) is 63.7 Å². The van der Waals surface area contributed by atoms with Crippen molar-refractivity contribution >= 4 is 17.9 Å². The van der Waals surface area contributed by atoms with E-state index in [9.17, 15) is 14.4 Å². The van der Waals surface area contributed by atoms with Gasteiger partial charge in [-0.25, -0.2) is 0 Å². The number of carbonyl (C=O) groups excluding carboxylic acids is 3. The number of unbranched alkanes of at least 4 members (excludes halogenated alkanes) is 34. The van der Waals surface area contributed by atoms with Crippen molar-refractivity contribution in [1.82, 2.24) is 0 Å². The lowest BCUT2D eigenvalue weighted by molar-refractivity contribution is -0.167. The first-order valence-corrected chi connectivity index (χ1v) is 25.9. The summed E-state index contributed by atoms with van der Waals surface area (Å²) in [6.07, 6.45) is 48.1. The van der Waals surface area contributed by atoms with Gasteiger partial charge in [-0.3, -0.25) is 14.4 Å². The molecule has 344 valence electrons. The maximum absolute atomic E-state index is 12.8. The average Bonchev–Trinajstić information content (AvgIpc) is 3.21. The molecule has 0 aromatic heterocycles. The van der Waals surface area contributed by atoms with Crippen LogP contribution in [0.3, 0.4) is 0 Å². The van der Waals surface area contributed by atoms with Gasteiger partial charge in [-0.2, -0.15) is 0 Å². The van der Waals surface area contributed by atoms with Crippen molar-refractivity contribution in [3.05, 3.63) is 0 Å². The maximum Gasteiger partial charge on any atom is 0.306 e. The summed E-state index contributed by atoms with van der Waals surface area (Å²) < 4.78 is 16.8. The van der Waals surface area contributed by atoms with Gasteiger partial charge in [0.05, 0.1) is 0 Å². The summed E-state index contributed by atoms with van der Waals surface area (Å²) in [6, 6.07) is 0. The highest BCUT2D eigenvalue weighted by Crippen LogP contribution is 2.17. The normalized spacial score (nSPS) is 11.9. The quantitative estimate of drug-likeness (QED) is 0.0346.